The van der Waals surface area contributed by atoms with Crippen molar-refractivity contribution in [2.75, 3.05) is 0 Å². The van der Waals surface area contributed by atoms with Gasteiger partial charge >= 0.3 is 0 Å². The van der Waals surface area contributed by atoms with E-state index in [0.29, 0.717) is 0 Å². The lowest BCUT2D eigenvalue weighted by Gasteiger charge is -2.24. The van der Waals surface area contributed by atoms with E-state index in [-0.39, 0.29) is 5.41 Å². The minimum Gasteiger partial charge on any atom is -0.0622 e. The van der Waals surface area contributed by atoms with Gasteiger partial charge in [-0.25, -0.2) is 0 Å². The van der Waals surface area contributed by atoms with Crippen LogP contribution in [0.5, 0.6) is 0 Å². The standard InChI is InChI=1S/C59H40/c1-59(2)53-35-41(57-47-22-10-8-20-45(47)55(38-17-4-3-5-18-38)46-21-9-11-23-48(46)57)30-32-43(53)44-33-31-42(36-54(44)59)58-51-26-14-12-24-49(51)56(50-25-13-15-27-52(50)58)40-29-28-37-16-6-7-19-39(37)34-40/h3-36H,1-2H3. The van der Waals surface area contributed by atoms with Gasteiger partial charge in [-0.3, -0.25) is 0 Å². The van der Waals surface area contributed by atoms with Gasteiger partial charge in [0.1, 0.15) is 0 Å². The second kappa shape index (κ2) is 12.9. The SMILES string of the molecule is CC1(C)c2cc(-c3c4ccccc4c(-c4ccccc4)c4ccccc34)ccc2-c2ccc(-c3c4ccccc4c(-c4ccc5ccccc5c4)c4ccccc34)cc21. The van der Waals surface area contributed by atoms with Crippen molar-refractivity contribution in [3.05, 3.63) is 217 Å². The van der Waals surface area contributed by atoms with Gasteiger partial charge in [-0.15, -0.1) is 0 Å². The molecule has 0 bridgehead atoms. The normalized spacial score (nSPS) is 13.1. The van der Waals surface area contributed by atoms with Crippen molar-refractivity contribution in [2.24, 2.45) is 0 Å². The molecule has 12 rings (SSSR count). The molecule has 0 nitrogen and oxygen atoms in total. The first-order chi connectivity index (χ1) is 29.0. The fourth-order valence-corrected chi connectivity index (χ4v) is 10.5. The molecule has 59 heavy (non-hydrogen) atoms. The van der Waals surface area contributed by atoms with Crippen molar-refractivity contribution in [3.8, 4) is 55.6 Å². The van der Waals surface area contributed by atoms with E-state index in [1.807, 2.05) is 0 Å². The molecule has 0 heteroatoms. The first-order valence-corrected chi connectivity index (χ1v) is 20.8. The Labute approximate surface area is 344 Å². The summed E-state index contributed by atoms with van der Waals surface area (Å²) in [5, 5.41) is 12.8. The zero-order chi connectivity index (χ0) is 39.2. The molecule has 0 aromatic heterocycles. The van der Waals surface area contributed by atoms with Gasteiger partial charge in [0.15, 0.2) is 0 Å². The fourth-order valence-electron chi connectivity index (χ4n) is 10.5. The van der Waals surface area contributed by atoms with E-state index in [0.717, 1.165) is 0 Å². The maximum absolute atomic E-state index is 2.50. The van der Waals surface area contributed by atoms with E-state index < -0.39 is 0 Å². The van der Waals surface area contributed by atoms with Crippen LogP contribution in [0.1, 0.15) is 25.0 Å². The topological polar surface area (TPSA) is 0 Å². The average Bonchev–Trinajstić information content (AvgIpc) is 3.51. The van der Waals surface area contributed by atoms with Crippen molar-refractivity contribution in [1.29, 1.82) is 0 Å². The molecule has 11 aromatic carbocycles. The summed E-state index contributed by atoms with van der Waals surface area (Å²) in [7, 11) is 0. The lowest BCUT2D eigenvalue weighted by molar-refractivity contribution is 0.661. The molecule has 0 amide bonds. The molecule has 0 spiro atoms. The Kier molecular flexibility index (Phi) is 7.38. The predicted molar refractivity (Wildman–Crippen MR) is 253 cm³/mol. The van der Waals surface area contributed by atoms with Gasteiger partial charge in [0, 0.05) is 5.41 Å². The van der Waals surface area contributed by atoms with Crippen LogP contribution in [-0.4, -0.2) is 0 Å². The fraction of sp³-hybridized carbons (Fsp3) is 0.0508. The molecule has 0 aliphatic heterocycles. The average molecular weight is 749 g/mol. The number of benzene rings is 11. The summed E-state index contributed by atoms with van der Waals surface area (Å²) < 4.78 is 0. The predicted octanol–water partition coefficient (Wildman–Crippen LogP) is 16.4. The van der Waals surface area contributed by atoms with E-state index in [1.54, 1.807) is 0 Å². The van der Waals surface area contributed by atoms with Crippen LogP contribution in [0.15, 0.2) is 206 Å². The van der Waals surface area contributed by atoms with Crippen molar-refractivity contribution in [2.45, 2.75) is 19.3 Å². The van der Waals surface area contributed by atoms with Crippen LogP contribution >= 0.6 is 0 Å². The number of fused-ring (bicyclic) bond motifs is 8. The molecule has 276 valence electrons. The molecule has 0 saturated heterocycles. The molecule has 0 heterocycles. The van der Waals surface area contributed by atoms with Gasteiger partial charge in [0.25, 0.3) is 0 Å². The third-order valence-electron chi connectivity index (χ3n) is 13.2. The third kappa shape index (κ3) is 5.03. The summed E-state index contributed by atoms with van der Waals surface area (Å²) in [6, 6.07) is 76.9. The van der Waals surface area contributed by atoms with Crippen LogP contribution in [0.2, 0.25) is 0 Å². The smallest absolute Gasteiger partial charge is 0.0159 e. The lowest BCUT2D eigenvalue weighted by atomic mass is 9.79. The Morgan fingerprint density at radius 2 is 0.576 bits per heavy atom. The minimum atomic E-state index is -0.205. The summed E-state index contributed by atoms with van der Waals surface area (Å²) in [6.07, 6.45) is 0. The van der Waals surface area contributed by atoms with Crippen LogP contribution in [-0.2, 0) is 5.41 Å². The number of hydrogen-bond acceptors (Lipinski definition) is 0. The Morgan fingerprint density at radius 3 is 1.00 bits per heavy atom. The lowest BCUT2D eigenvalue weighted by Crippen LogP contribution is -2.15. The van der Waals surface area contributed by atoms with Gasteiger partial charge in [0.2, 0.25) is 0 Å². The van der Waals surface area contributed by atoms with Crippen LogP contribution < -0.4 is 0 Å². The second-order valence-electron chi connectivity index (χ2n) is 16.8. The molecule has 0 radical (unpaired) electrons. The van der Waals surface area contributed by atoms with Gasteiger partial charge in [-0.2, -0.15) is 0 Å². The highest BCUT2D eigenvalue weighted by Gasteiger charge is 2.36. The first-order valence-electron chi connectivity index (χ1n) is 20.8. The van der Waals surface area contributed by atoms with E-state index >= 15 is 0 Å². The highest BCUT2D eigenvalue weighted by molar-refractivity contribution is 6.23. The molecule has 0 saturated carbocycles. The Hall–Kier alpha value is -7.28. The van der Waals surface area contributed by atoms with Gasteiger partial charge in [-0.1, -0.05) is 202 Å². The number of hydrogen-bond donors (Lipinski definition) is 0. The highest BCUT2D eigenvalue weighted by Crippen LogP contribution is 2.53. The quantitative estimate of drug-likeness (QED) is 0.157. The summed E-state index contributed by atoms with van der Waals surface area (Å²) >= 11 is 0. The van der Waals surface area contributed by atoms with Gasteiger partial charge < -0.3 is 0 Å². The summed E-state index contributed by atoms with van der Waals surface area (Å²) in [6.45, 7) is 4.83. The molecule has 1 aliphatic carbocycles. The molecule has 0 unspecified atom stereocenters. The Balaban J connectivity index is 1.03. The maximum Gasteiger partial charge on any atom is 0.0159 e. The largest absolute Gasteiger partial charge is 0.0622 e. The zero-order valence-electron chi connectivity index (χ0n) is 33.1. The summed E-state index contributed by atoms with van der Waals surface area (Å²) in [5.41, 5.74) is 15.4. The van der Waals surface area contributed by atoms with Crippen LogP contribution in [0.3, 0.4) is 0 Å². The Morgan fingerprint density at radius 1 is 0.254 bits per heavy atom. The van der Waals surface area contributed by atoms with Crippen molar-refractivity contribution >= 4 is 53.9 Å². The molecule has 11 aromatic rings. The van der Waals surface area contributed by atoms with Gasteiger partial charge in [0.05, 0.1) is 0 Å². The molecule has 1 aliphatic rings. The summed E-state index contributed by atoms with van der Waals surface area (Å²) in [4.78, 5) is 0. The van der Waals surface area contributed by atoms with Crippen LogP contribution in [0.4, 0.5) is 0 Å². The van der Waals surface area contributed by atoms with Crippen molar-refractivity contribution < 1.29 is 0 Å². The zero-order valence-corrected chi connectivity index (χ0v) is 33.1. The van der Waals surface area contributed by atoms with E-state index in [4.69, 9.17) is 0 Å². The van der Waals surface area contributed by atoms with E-state index in [2.05, 4.69) is 220 Å². The number of rotatable bonds is 4. The molecule has 0 atom stereocenters. The first kappa shape index (κ1) is 33.8. The minimum absolute atomic E-state index is 0.205. The molecular weight excluding hydrogens is 709 g/mol. The van der Waals surface area contributed by atoms with E-state index in [1.165, 1.54) is 121 Å². The van der Waals surface area contributed by atoms with Gasteiger partial charge in [-0.05, 0) is 139 Å². The van der Waals surface area contributed by atoms with Crippen molar-refractivity contribution in [3.63, 3.8) is 0 Å². The van der Waals surface area contributed by atoms with Crippen molar-refractivity contribution in [1.82, 2.24) is 0 Å². The third-order valence-corrected chi connectivity index (χ3v) is 13.2. The van der Waals surface area contributed by atoms with Crippen LogP contribution in [0, 0.1) is 0 Å². The Bertz CT molecular complexity index is 3400. The van der Waals surface area contributed by atoms with Crippen LogP contribution in [0.25, 0.3) is 109 Å². The second-order valence-corrected chi connectivity index (χ2v) is 16.8. The van der Waals surface area contributed by atoms with E-state index in [9.17, 15) is 0 Å². The highest BCUT2D eigenvalue weighted by atomic mass is 14.4. The summed E-state index contributed by atoms with van der Waals surface area (Å²) in [5.74, 6) is 0. The molecule has 0 N–H and O–H groups in total. The maximum atomic E-state index is 2.50. The molecule has 0 fully saturated rings. The monoisotopic (exact) mass is 748 g/mol. The molecular formula is C59H40.